The molecular weight excluding hydrogens is 244 g/mol. The minimum Gasteiger partial charge on any atom is -0.334 e. The molecule has 0 unspecified atom stereocenters. The van der Waals surface area contributed by atoms with Crippen LogP contribution < -0.4 is 11.0 Å². The maximum Gasteiger partial charge on any atom is 0.347 e. The van der Waals surface area contributed by atoms with Crippen LogP contribution in [0.25, 0.3) is 0 Å². The Morgan fingerprint density at radius 1 is 1.37 bits per heavy atom. The molecule has 0 spiro atoms. The zero-order valence-corrected chi connectivity index (χ0v) is 10.8. The van der Waals surface area contributed by atoms with Crippen LogP contribution in [0, 0.1) is 0 Å². The summed E-state index contributed by atoms with van der Waals surface area (Å²) >= 11 is 0. The highest BCUT2D eigenvalue weighted by Crippen LogP contribution is 2.27. The third kappa shape index (κ3) is 2.40. The van der Waals surface area contributed by atoms with Crippen molar-refractivity contribution in [2.75, 3.05) is 13.1 Å². The van der Waals surface area contributed by atoms with Gasteiger partial charge in [0.05, 0.1) is 0 Å². The second-order valence-corrected chi connectivity index (χ2v) is 5.21. The number of nitrogens with one attached hydrogen (secondary N) is 1. The van der Waals surface area contributed by atoms with Crippen molar-refractivity contribution in [3.8, 4) is 0 Å². The molecule has 2 fully saturated rings. The molecular formula is C13H18N4O2. The molecule has 0 aromatic carbocycles. The van der Waals surface area contributed by atoms with Gasteiger partial charge in [-0.2, -0.15) is 0 Å². The van der Waals surface area contributed by atoms with E-state index in [-0.39, 0.29) is 24.2 Å². The van der Waals surface area contributed by atoms with Gasteiger partial charge in [0, 0.05) is 31.0 Å². The number of hydrogen-bond acceptors (Lipinski definition) is 4. The van der Waals surface area contributed by atoms with Crippen LogP contribution in [0.3, 0.4) is 0 Å². The second kappa shape index (κ2) is 5.13. The Hall–Kier alpha value is -1.69. The van der Waals surface area contributed by atoms with E-state index in [0.29, 0.717) is 6.04 Å². The van der Waals surface area contributed by atoms with Crippen LogP contribution in [0.1, 0.15) is 19.3 Å². The Bertz CT molecular complexity index is 513. The Labute approximate surface area is 111 Å². The summed E-state index contributed by atoms with van der Waals surface area (Å²) in [5, 5.41) is 3.36. The fourth-order valence-corrected chi connectivity index (χ4v) is 3.12. The van der Waals surface area contributed by atoms with E-state index in [4.69, 9.17) is 0 Å². The first-order chi connectivity index (χ1) is 9.25. The molecule has 1 aromatic rings. The van der Waals surface area contributed by atoms with Gasteiger partial charge in [-0.25, -0.2) is 9.78 Å². The summed E-state index contributed by atoms with van der Waals surface area (Å²) in [7, 11) is 0. The van der Waals surface area contributed by atoms with Crippen molar-refractivity contribution in [1.82, 2.24) is 19.8 Å². The minimum atomic E-state index is -0.365. The molecule has 1 N–H and O–H groups in total. The molecule has 6 nitrogen and oxygen atoms in total. The van der Waals surface area contributed by atoms with Crippen molar-refractivity contribution in [3.05, 3.63) is 28.9 Å². The Morgan fingerprint density at radius 3 is 3.05 bits per heavy atom. The summed E-state index contributed by atoms with van der Waals surface area (Å²) in [6.45, 7) is 1.93. The number of fused-ring (bicyclic) bond motifs is 2. The summed E-state index contributed by atoms with van der Waals surface area (Å²) in [6.07, 6.45) is 6.21. The minimum absolute atomic E-state index is 0.0336. The molecule has 2 bridgehead atoms. The van der Waals surface area contributed by atoms with Gasteiger partial charge in [0.25, 0.3) is 0 Å². The summed E-state index contributed by atoms with van der Waals surface area (Å²) in [6, 6.07) is 2.29. The lowest BCUT2D eigenvalue weighted by Gasteiger charge is -2.28. The smallest absolute Gasteiger partial charge is 0.334 e. The average Bonchev–Trinajstić information content (AvgIpc) is 2.66. The maximum atomic E-state index is 12.4. The molecule has 2 aliphatic heterocycles. The Morgan fingerprint density at radius 2 is 2.21 bits per heavy atom. The predicted octanol–water partition coefficient (Wildman–Crippen LogP) is -0.404. The van der Waals surface area contributed by atoms with E-state index in [9.17, 15) is 9.59 Å². The molecule has 6 heteroatoms. The van der Waals surface area contributed by atoms with Gasteiger partial charge in [0.15, 0.2) is 0 Å². The van der Waals surface area contributed by atoms with Crippen molar-refractivity contribution in [2.24, 2.45) is 0 Å². The molecule has 3 heterocycles. The lowest BCUT2D eigenvalue weighted by atomic mass is 10.1. The summed E-state index contributed by atoms with van der Waals surface area (Å²) in [5.41, 5.74) is -0.365. The van der Waals surface area contributed by atoms with Gasteiger partial charge >= 0.3 is 5.69 Å². The molecule has 3 rings (SSSR count). The SMILES string of the molecule is O=C(Cn1cccnc1=O)N1[C@H]2CCNC[C@@H]1CC2. The van der Waals surface area contributed by atoms with Crippen LogP contribution in [-0.4, -0.2) is 45.5 Å². The third-order valence-electron chi connectivity index (χ3n) is 4.03. The molecule has 1 aromatic heterocycles. The van der Waals surface area contributed by atoms with E-state index < -0.39 is 0 Å². The first-order valence-electron chi connectivity index (χ1n) is 6.79. The standard InChI is InChI=1S/C13H18N4O2/c18-12(9-16-7-1-5-15-13(16)19)17-10-2-3-11(17)8-14-6-4-10/h1,5,7,10-11,14H,2-4,6,8-9H2/t10-,11+/m1/s1. The molecule has 1 amide bonds. The molecule has 102 valence electrons. The first-order valence-corrected chi connectivity index (χ1v) is 6.79. The number of amides is 1. The Kier molecular flexibility index (Phi) is 3.33. The van der Waals surface area contributed by atoms with Crippen LogP contribution in [0.2, 0.25) is 0 Å². The van der Waals surface area contributed by atoms with Crippen LogP contribution >= 0.6 is 0 Å². The highest BCUT2D eigenvalue weighted by molar-refractivity contribution is 5.77. The normalized spacial score (nSPS) is 26.2. The zero-order chi connectivity index (χ0) is 13.2. The molecule has 2 atom stereocenters. The van der Waals surface area contributed by atoms with Gasteiger partial charge in [-0.05, 0) is 31.9 Å². The van der Waals surface area contributed by atoms with Crippen molar-refractivity contribution < 1.29 is 4.79 Å². The summed E-state index contributed by atoms with van der Waals surface area (Å²) in [5.74, 6) is 0.0336. The van der Waals surface area contributed by atoms with Crippen LogP contribution in [0.5, 0.6) is 0 Å². The van der Waals surface area contributed by atoms with Gasteiger partial charge in [-0.3, -0.25) is 9.36 Å². The number of hydrogen-bond donors (Lipinski definition) is 1. The van der Waals surface area contributed by atoms with Gasteiger partial charge in [-0.1, -0.05) is 0 Å². The second-order valence-electron chi connectivity index (χ2n) is 5.21. The van der Waals surface area contributed by atoms with E-state index in [0.717, 1.165) is 32.4 Å². The van der Waals surface area contributed by atoms with E-state index in [1.165, 1.54) is 10.8 Å². The predicted molar refractivity (Wildman–Crippen MR) is 69.6 cm³/mol. The third-order valence-corrected chi connectivity index (χ3v) is 4.03. The van der Waals surface area contributed by atoms with Crippen molar-refractivity contribution in [1.29, 1.82) is 0 Å². The average molecular weight is 262 g/mol. The number of nitrogens with zero attached hydrogens (tertiary/aromatic N) is 3. The lowest BCUT2D eigenvalue weighted by Crippen LogP contribution is -2.45. The molecule has 2 aliphatic rings. The fraction of sp³-hybridized carbons (Fsp3) is 0.615. The largest absolute Gasteiger partial charge is 0.347 e. The van der Waals surface area contributed by atoms with Crippen LogP contribution in [-0.2, 0) is 11.3 Å². The number of rotatable bonds is 2. The van der Waals surface area contributed by atoms with Crippen LogP contribution in [0.4, 0.5) is 0 Å². The van der Waals surface area contributed by atoms with E-state index in [1.807, 2.05) is 4.90 Å². The fourth-order valence-electron chi connectivity index (χ4n) is 3.12. The van der Waals surface area contributed by atoms with Crippen LogP contribution in [0.15, 0.2) is 23.3 Å². The summed E-state index contributed by atoms with van der Waals surface area (Å²) < 4.78 is 1.38. The van der Waals surface area contributed by atoms with Gasteiger partial charge in [-0.15, -0.1) is 0 Å². The van der Waals surface area contributed by atoms with Crippen molar-refractivity contribution in [3.63, 3.8) is 0 Å². The zero-order valence-electron chi connectivity index (χ0n) is 10.8. The Balaban J connectivity index is 1.77. The topological polar surface area (TPSA) is 67.2 Å². The van der Waals surface area contributed by atoms with E-state index in [2.05, 4.69) is 10.3 Å². The van der Waals surface area contributed by atoms with E-state index >= 15 is 0 Å². The van der Waals surface area contributed by atoms with Gasteiger partial charge in [0.2, 0.25) is 5.91 Å². The molecule has 0 aliphatic carbocycles. The maximum absolute atomic E-state index is 12.4. The highest BCUT2D eigenvalue weighted by Gasteiger charge is 2.37. The lowest BCUT2D eigenvalue weighted by molar-refractivity contribution is -0.134. The number of carbonyl (C=O) groups is 1. The molecule has 2 saturated heterocycles. The van der Waals surface area contributed by atoms with Gasteiger partial charge < -0.3 is 10.2 Å². The monoisotopic (exact) mass is 262 g/mol. The first kappa shape index (κ1) is 12.3. The quantitative estimate of drug-likeness (QED) is 0.787. The highest BCUT2D eigenvalue weighted by atomic mass is 16.2. The van der Waals surface area contributed by atoms with Crippen molar-refractivity contribution in [2.45, 2.75) is 37.9 Å². The molecule has 0 radical (unpaired) electrons. The molecule has 19 heavy (non-hydrogen) atoms. The van der Waals surface area contributed by atoms with E-state index in [1.54, 1.807) is 12.3 Å². The molecule has 0 saturated carbocycles. The number of aromatic nitrogens is 2. The number of carbonyl (C=O) groups excluding carboxylic acids is 1. The summed E-state index contributed by atoms with van der Waals surface area (Å²) in [4.78, 5) is 29.7. The van der Waals surface area contributed by atoms with Crippen molar-refractivity contribution >= 4 is 5.91 Å². The van der Waals surface area contributed by atoms with Gasteiger partial charge in [0.1, 0.15) is 6.54 Å².